The normalized spacial score (nSPS) is 10.5. The first-order chi connectivity index (χ1) is 12.5. The predicted octanol–water partition coefficient (Wildman–Crippen LogP) is 3.21. The zero-order valence-electron chi connectivity index (χ0n) is 14.8. The summed E-state index contributed by atoms with van der Waals surface area (Å²) in [6, 6.07) is 5.08. The fourth-order valence-electron chi connectivity index (χ4n) is 2.20. The van der Waals surface area contributed by atoms with Crippen LogP contribution in [0.3, 0.4) is 0 Å². The van der Waals surface area contributed by atoms with E-state index in [0.29, 0.717) is 33.4 Å². The van der Waals surface area contributed by atoms with Gasteiger partial charge in [0.05, 0.1) is 34.1 Å². The van der Waals surface area contributed by atoms with Gasteiger partial charge in [0.15, 0.2) is 11.5 Å². The van der Waals surface area contributed by atoms with Gasteiger partial charge in [-0.2, -0.15) is 0 Å². The first-order valence-electron chi connectivity index (χ1n) is 7.48. The molecule has 2 aromatic rings. The lowest BCUT2D eigenvalue weighted by Gasteiger charge is -2.12. The monoisotopic (exact) mass is 377 g/mol. The Hall–Kier alpha value is -3.00. The minimum absolute atomic E-state index is 0.335. The van der Waals surface area contributed by atoms with Crippen LogP contribution in [0.25, 0.3) is 6.08 Å². The zero-order chi connectivity index (χ0) is 19.1. The number of carbonyl (C=O) groups excluding carboxylic acids is 2. The van der Waals surface area contributed by atoms with E-state index in [1.54, 1.807) is 29.7 Å². The van der Waals surface area contributed by atoms with E-state index in [1.807, 2.05) is 0 Å². The smallest absolute Gasteiger partial charge is 0.350 e. The number of hydrogen-bond acceptors (Lipinski definition) is 7. The van der Waals surface area contributed by atoms with Crippen molar-refractivity contribution < 1.29 is 28.5 Å². The zero-order valence-corrected chi connectivity index (χ0v) is 15.6. The van der Waals surface area contributed by atoms with Crippen LogP contribution >= 0.6 is 11.3 Å². The summed E-state index contributed by atoms with van der Waals surface area (Å²) in [7, 11) is 5.84. The number of esters is 1. The number of anilines is 1. The van der Waals surface area contributed by atoms with E-state index in [0.717, 1.165) is 0 Å². The Labute approximate surface area is 155 Å². The number of methoxy groups -OCH3 is 4. The Balaban J connectivity index is 2.18. The molecule has 0 aliphatic carbocycles. The molecule has 138 valence electrons. The summed E-state index contributed by atoms with van der Waals surface area (Å²) in [6.45, 7) is 0. The van der Waals surface area contributed by atoms with Gasteiger partial charge in [-0.05, 0) is 35.2 Å². The second kappa shape index (κ2) is 8.91. The van der Waals surface area contributed by atoms with Gasteiger partial charge < -0.3 is 24.3 Å². The molecule has 2 rings (SSSR count). The number of ether oxygens (including phenoxy) is 4. The third kappa shape index (κ3) is 4.34. The first-order valence-corrected chi connectivity index (χ1v) is 8.36. The van der Waals surface area contributed by atoms with Gasteiger partial charge in [-0.15, -0.1) is 11.3 Å². The average molecular weight is 377 g/mol. The van der Waals surface area contributed by atoms with E-state index in [1.165, 1.54) is 45.9 Å². The molecule has 8 heteroatoms. The Kier molecular flexibility index (Phi) is 6.62. The molecular weight excluding hydrogens is 358 g/mol. The van der Waals surface area contributed by atoms with Gasteiger partial charge in [0.2, 0.25) is 11.7 Å². The third-order valence-corrected chi connectivity index (χ3v) is 4.30. The number of carbonyl (C=O) groups is 2. The maximum Gasteiger partial charge on any atom is 0.350 e. The van der Waals surface area contributed by atoms with E-state index < -0.39 is 5.97 Å². The molecule has 26 heavy (non-hydrogen) atoms. The van der Waals surface area contributed by atoms with Crippen LogP contribution < -0.4 is 19.5 Å². The van der Waals surface area contributed by atoms with E-state index in [2.05, 4.69) is 10.1 Å². The Bertz CT molecular complexity index is 802. The maximum absolute atomic E-state index is 12.1. The molecule has 1 heterocycles. The van der Waals surface area contributed by atoms with Crippen molar-refractivity contribution in [1.29, 1.82) is 0 Å². The van der Waals surface area contributed by atoms with Gasteiger partial charge in [0.25, 0.3) is 0 Å². The molecule has 0 aliphatic heterocycles. The maximum atomic E-state index is 12.1. The second-order valence-electron chi connectivity index (χ2n) is 4.94. The summed E-state index contributed by atoms with van der Waals surface area (Å²) in [4.78, 5) is 24.1. The molecular formula is C18H19NO6S. The van der Waals surface area contributed by atoms with Gasteiger partial charge in [0.1, 0.15) is 4.88 Å². The summed E-state index contributed by atoms with van der Waals surface area (Å²) in [6.07, 6.45) is 2.95. The number of nitrogens with one attached hydrogen (secondary N) is 1. The highest BCUT2D eigenvalue weighted by molar-refractivity contribution is 7.12. The molecule has 0 fully saturated rings. The van der Waals surface area contributed by atoms with Crippen LogP contribution in [0.2, 0.25) is 0 Å². The van der Waals surface area contributed by atoms with Crippen molar-refractivity contribution >= 4 is 35.0 Å². The molecule has 0 radical (unpaired) electrons. The Morgan fingerprint density at radius 1 is 1.04 bits per heavy atom. The van der Waals surface area contributed by atoms with E-state index >= 15 is 0 Å². The summed E-state index contributed by atoms with van der Waals surface area (Å²) in [5.74, 6) is 0.555. The van der Waals surface area contributed by atoms with Gasteiger partial charge >= 0.3 is 5.97 Å². The molecule has 0 atom stereocenters. The third-order valence-electron chi connectivity index (χ3n) is 3.41. The molecule has 1 aromatic heterocycles. The molecule has 1 N–H and O–H groups in total. The summed E-state index contributed by atoms with van der Waals surface area (Å²) >= 11 is 1.19. The number of amides is 1. The standard InChI is InChI=1S/C18H19NO6S/c1-22-13-9-11(10-14(23-2)16(13)24-3)5-6-15(20)19-12-7-8-26-17(12)18(21)25-4/h5-10H,1-4H3,(H,19,20)/b6-5+. The molecule has 1 amide bonds. The lowest BCUT2D eigenvalue weighted by atomic mass is 10.1. The van der Waals surface area contributed by atoms with E-state index in [9.17, 15) is 9.59 Å². The fraction of sp³-hybridized carbons (Fsp3) is 0.222. The van der Waals surface area contributed by atoms with E-state index in [4.69, 9.17) is 14.2 Å². The van der Waals surface area contributed by atoms with Crippen molar-refractivity contribution in [3.63, 3.8) is 0 Å². The van der Waals surface area contributed by atoms with Gasteiger partial charge in [-0.25, -0.2) is 4.79 Å². The van der Waals surface area contributed by atoms with E-state index in [-0.39, 0.29) is 5.91 Å². The molecule has 1 aromatic carbocycles. The van der Waals surface area contributed by atoms with Crippen LogP contribution in [0.5, 0.6) is 17.2 Å². The number of thiophene rings is 1. The topological polar surface area (TPSA) is 83.1 Å². The predicted molar refractivity (Wildman–Crippen MR) is 99.4 cm³/mol. The van der Waals surface area contributed by atoms with Crippen LogP contribution in [0.15, 0.2) is 29.7 Å². The highest BCUT2D eigenvalue weighted by Gasteiger charge is 2.15. The summed E-state index contributed by atoms with van der Waals surface area (Å²) < 4.78 is 20.5. The first kappa shape index (κ1) is 19.3. The van der Waals surface area contributed by atoms with Gasteiger partial charge in [-0.1, -0.05) is 0 Å². The van der Waals surface area contributed by atoms with Crippen LogP contribution in [0, 0.1) is 0 Å². The molecule has 0 spiro atoms. The molecule has 0 saturated carbocycles. The molecule has 0 unspecified atom stereocenters. The lowest BCUT2D eigenvalue weighted by molar-refractivity contribution is -0.111. The largest absolute Gasteiger partial charge is 0.493 e. The fourth-order valence-corrected chi connectivity index (χ4v) is 2.97. The molecule has 0 saturated heterocycles. The van der Waals surface area contributed by atoms with Crippen LogP contribution in [-0.4, -0.2) is 40.3 Å². The lowest BCUT2D eigenvalue weighted by Crippen LogP contribution is -2.10. The van der Waals surface area contributed by atoms with Crippen molar-refractivity contribution in [2.24, 2.45) is 0 Å². The van der Waals surface area contributed by atoms with Crippen molar-refractivity contribution in [3.8, 4) is 17.2 Å². The minimum atomic E-state index is -0.496. The summed E-state index contributed by atoms with van der Waals surface area (Å²) in [5, 5.41) is 4.35. The Morgan fingerprint density at radius 3 is 2.23 bits per heavy atom. The highest BCUT2D eigenvalue weighted by atomic mass is 32.1. The SMILES string of the molecule is COC(=O)c1sccc1NC(=O)/C=C/c1cc(OC)c(OC)c(OC)c1. The van der Waals surface area contributed by atoms with Gasteiger partial charge in [0, 0.05) is 6.08 Å². The van der Waals surface area contributed by atoms with Crippen LogP contribution in [-0.2, 0) is 9.53 Å². The number of hydrogen-bond donors (Lipinski definition) is 1. The second-order valence-corrected chi connectivity index (χ2v) is 5.85. The Morgan fingerprint density at radius 2 is 1.69 bits per heavy atom. The molecule has 0 bridgehead atoms. The van der Waals surface area contributed by atoms with Crippen LogP contribution in [0.4, 0.5) is 5.69 Å². The number of rotatable bonds is 7. The minimum Gasteiger partial charge on any atom is -0.493 e. The highest BCUT2D eigenvalue weighted by Crippen LogP contribution is 2.38. The number of benzene rings is 1. The van der Waals surface area contributed by atoms with Crippen molar-refractivity contribution in [3.05, 3.63) is 40.1 Å². The quantitative estimate of drug-likeness (QED) is 0.589. The van der Waals surface area contributed by atoms with Crippen LogP contribution in [0.1, 0.15) is 15.2 Å². The van der Waals surface area contributed by atoms with Crippen molar-refractivity contribution in [2.75, 3.05) is 33.8 Å². The average Bonchev–Trinajstić information content (AvgIpc) is 3.12. The van der Waals surface area contributed by atoms with Crippen molar-refractivity contribution in [1.82, 2.24) is 0 Å². The van der Waals surface area contributed by atoms with Gasteiger partial charge in [-0.3, -0.25) is 4.79 Å². The summed E-state index contributed by atoms with van der Waals surface area (Å²) in [5.41, 5.74) is 1.09. The molecule has 0 aliphatic rings. The van der Waals surface area contributed by atoms with Crippen molar-refractivity contribution in [2.45, 2.75) is 0 Å². The molecule has 7 nitrogen and oxygen atoms in total.